The van der Waals surface area contributed by atoms with Gasteiger partial charge in [-0.3, -0.25) is 4.72 Å². The molecule has 0 heterocycles. The molecule has 1 aliphatic rings. The Morgan fingerprint density at radius 1 is 1.03 bits per heavy atom. The van der Waals surface area contributed by atoms with E-state index in [9.17, 15) is 23.1 Å². The van der Waals surface area contributed by atoms with E-state index >= 15 is 0 Å². The Hall–Kier alpha value is -3.11. The van der Waals surface area contributed by atoms with Gasteiger partial charge in [-0.1, -0.05) is 32.0 Å². The summed E-state index contributed by atoms with van der Waals surface area (Å²) in [6, 6.07) is 8.78. The van der Waals surface area contributed by atoms with Crippen LogP contribution < -0.4 is 15.4 Å². The first-order chi connectivity index (χ1) is 16.4. The zero-order chi connectivity index (χ0) is 25.8. The molecule has 0 bridgehead atoms. The van der Waals surface area contributed by atoms with Crippen LogP contribution in [0, 0.1) is 5.41 Å². The molecule has 2 amide bonds. The molecule has 0 saturated heterocycles. The summed E-state index contributed by atoms with van der Waals surface area (Å²) in [4.78, 5) is 26.5. The Labute approximate surface area is 207 Å². The summed E-state index contributed by atoms with van der Waals surface area (Å²) in [7, 11) is -0.289. The average Bonchev–Trinajstić information content (AvgIpc) is 2.76. The van der Waals surface area contributed by atoms with E-state index < -0.39 is 22.0 Å². The number of carbonyl (C=O) groups excluding carboxylic acids is 1. The molecule has 0 radical (unpaired) electrons. The summed E-state index contributed by atoms with van der Waals surface area (Å²) >= 11 is 0. The Bertz CT molecular complexity index is 1210. The van der Waals surface area contributed by atoms with E-state index in [0.717, 1.165) is 31.4 Å². The molecular weight excluding hydrogens is 468 g/mol. The maximum absolute atomic E-state index is 13.3. The first kappa shape index (κ1) is 26.5. The highest BCUT2D eigenvalue weighted by molar-refractivity contribution is 7.92. The summed E-state index contributed by atoms with van der Waals surface area (Å²) in [5, 5.41) is 15.2. The molecule has 4 N–H and O–H groups in total. The van der Waals surface area contributed by atoms with Gasteiger partial charge in [0.1, 0.15) is 4.90 Å². The van der Waals surface area contributed by atoms with E-state index in [0.29, 0.717) is 18.5 Å². The van der Waals surface area contributed by atoms with Gasteiger partial charge in [-0.05, 0) is 74.5 Å². The van der Waals surface area contributed by atoms with Crippen LogP contribution in [0.25, 0.3) is 0 Å². The number of nitrogens with zero attached hydrogens (tertiary/aromatic N) is 1. The second-order valence-corrected chi connectivity index (χ2v) is 11.6. The lowest BCUT2D eigenvalue weighted by Crippen LogP contribution is -2.41. The van der Waals surface area contributed by atoms with Crippen LogP contribution in [0.3, 0.4) is 0 Å². The highest BCUT2D eigenvalue weighted by atomic mass is 32.2. The van der Waals surface area contributed by atoms with Crippen molar-refractivity contribution in [2.75, 3.05) is 37.2 Å². The van der Waals surface area contributed by atoms with Gasteiger partial charge in [0.05, 0.1) is 16.9 Å². The van der Waals surface area contributed by atoms with E-state index in [1.54, 1.807) is 18.2 Å². The molecule has 0 fully saturated rings. The SMILES string of the molecule is CN(C)CC(C)(C)CNC(=O)Nc1ccccc1S(=O)(=O)Nc1ccc2c(c1C(=O)O)CCCC2. The van der Waals surface area contributed by atoms with Crippen LogP contribution in [0.15, 0.2) is 41.3 Å². The number of carbonyl (C=O) groups is 2. The van der Waals surface area contributed by atoms with Crippen LogP contribution in [-0.2, 0) is 22.9 Å². The number of rotatable bonds is 9. The monoisotopic (exact) mass is 502 g/mol. The second kappa shape index (κ2) is 10.7. The number of benzene rings is 2. The van der Waals surface area contributed by atoms with Crippen molar-refractivity contribution in [1.29, 1.82) is 0 Å². The van der Waals surface area contributed by atoms with Crippen molar-refractivity contribution in [2.45, 2.75) is 44.4 Å². The minimum Gasteiger partial charge on any atom is -0.478 e. The number of hydrogen-bond acceptors (Lipinski definition) is 5. The van der Waals surface area contributed by atoms with Crippen LogP contribution >= 0.6 is 0 Å². The van der Waals surface area contributed by atoms with Crippen molar-refractivity contribution in [3.8, 4) is 0 Å². The van der Waals surface area contributed by atoms with Crippen LogP contribution in [0.5, 0.6) is 0 Å². The number of fused-ring (bicyclic) bond motifs is 1. The Kier molecular flexibility index (Phi) is 8.07. The van der Waals surface area contributed by atoms with E-state index in [1.165, 1.54) is 18.2 Å². The first-order valence-electron chi connectivity index (χ1n) is 11.6. The van der Waals surface area contributed by atoms with Gasteiger partial charge in [-0.2, -0.15) is 0 Å². The fraction of sp³-hybridized carbons (Fsp3) is 0.440. The van der Waals surface area contributed by atoms with E-state index in [1.807, 2.05) is 32.8 Å². The third-order valence-corrected chi connectivity index (χ3v) is 7.31. The number of amides is 2. The normalized spacial score (nSPS) is 13.7. The lowest BCUT2D eigenvalue weighted by Gasteiger charge is -2.28. The summed E-state index contributed by atoms with van der Waals surface area (Å²) in [6.07, 6.45) is 3.20. The van der Waals surface area contributed by atoms with E-state index in [2.05, 4.69) is 15.4 Å². The number of carboxylic acid groups (broad SMARTS) is 1. The molecule has 0 saturated carbocycles. The van der Waals surface area contributed by atoms with Gasteiger partial charge in [0.25, 0.3) is 10.0 Å². The van der Waals surface area contributed by atoms with Gasteiger partial charge in [0, 0.05) is 13.1 Å². The van der Waals surface area contributed by atoms with Gasteiger partial charge in [0.15, 0.2) is 0 Å². The fourth-order valence-electron chi connectivity index (χ4n) is 4.56. The van der Waals surface area contributed by atoms with Crippen LogP contribution in [-0.4, -0.2) is 57.6 Å². The summed E-state index contributed by atoms with van der Waals surface area (Å²) < 4.78 is 29.0. The maximum Gasteiger partial charge on any atom is 0.338 e. The third kappa shape index (κ3) is 6.73. The number of aryl methyl sites for hydroxylation is 1. The number of carboxylic acids is 1. The molecule has 0 spiro atoms. The van der Waals surface area contributed by atoms with Crippen LogP contribution in [0.2, 0.25) is 0 Å². The maximum atomic E-state index is 13.3. The Morgan fingerprint density at radius 2 is 1.71 bits per heavy atom. The van der Waals surface area contributed by atoms with Gasteiger partial charge in [-0.25, -0.2) is 18.0 Å². The molecule has 35 heavy (non-hydrogen) atoms. The first-order valence-corrected chi connectivity index (χ1v) is 13.1. The number of anilines is 2. The minimum atomic E-state index is -4.19. The van der Waals surface area contributed by atoms with Crippen molar-refractivity contribution >= 4 is 33.4 Å². The van der Waals surface area contributed by atoms with Crippen molar-refractivity contribution < 1.29 is 23.1 Å². The Balaban J connectivity index is 1.83. The molecule has 0 atom stereocenters. The van der Waals surface area contributed by atoms with Crippen LogP contribution in [0.4, 0.5) is 16.2 Å². The van der Waals surface area contributed by atoms with Gasteiger partial charge >= 0.3 is 12.0 Å². The number of para-hydroxylation sites is 1. The van der Waals surface area contributed by atoms with Crippen molar-refractivity contribution in [1.82, 2.24) is 10.2 Å². The topological polar surface area (TPSA) is 128 Å². The molecule has 2 aromatic carbocycles. The van der Waals surface area contributed by atoms with Gasteiger partial charge in [-0.15, -0.1) is 0 Å². The molecule has 3 rings (SSSR count). The van der Waals surface area contributed by atoms with Crippen molar-refractivity contribution in [2.24, 2.45) is 5.41 Å². The standard InChI is InChI=1S/C25H34N4O5S/c1-25(2,16-29(3)4)15-26-24(32)27-19-11-7-8-12-21(19)35(33,34)28-20-14-13-17-9-5-6-10-18(17)22(20)23(30)31/h7-8,11-14,28H,5-6,9-10,15-16H2,1-4H3,(H,30,31)(H2,26,27,32). The lowest BCUT2D eigenvalue weighted by atomic mass is 9.87. The fourth-order valence-corrected chi connectivity index (χ4v) is 5.80. The number of aromatic carboxylic acids is 1. The quantitative estimate of drug-likeness (QED) is 0.413. The molecule has 1 aliphatic carbocycles. The second-order valence-electron chi connectivity index (χ2n) is 9.95. The smallest absolute Gasteiger partial charge is 0.338 e. The zero-order valence-corrected chi connectivity index (χ0v) is 21.5. The molecule has 0 unspecified atom stereocenters. The predicted molar refractivity (Wildman–Crippen MR) is 137 cm³/mol. The number of nitrogens with one attached hydrogen (secondary N) is 3. The molecule has 190 valence electrons. The zero-order valence-electron chi connectivity index (χ0n) is 20.6. The number of sulfonamides is 1. The van der Waals surface area contributed by atoms with Crippen molar-refractivity contribution in [3.63, 3.8) is 0 Å². The summed E-state index contributed by atoms with van der Waals surface area (Å²) in [6.45, 7) is 5.19. The molecule has 0 aliphatic heterocycles. The molecule has 9 nitrogen and oxygen atoms in total. The van der Waals surface area contributed by atoms with Gasteiger partial charge < -0.3 is 20.6 Å². The number of hydrogen-bond donors (Lipinski definition) is 4. The molecule has 0 aromatic heterocycles. The summed E-state index contributed by atoms with van der Waals surface area (Å²) in [5.74, 6) is -1.17. The van der Waals surface area contributed by atoms with Gasteiger partial charge in [0.2, 0.25) is 0 Å². The van der Waals surface area contributed by atoms with Crippen LogP contribution in [0.1, 0.15) is 48.2 Å². The lowest BCUT2D eigenvalue weighted by molar-refractivity contribution is 0.0696. The van der Waals surface area contributed by atoms with E-state index in [4.69, 9.17) is 0 Å². The largest absolute Gasteiger partial charge is 0.478 e. The third-order valence-electron chi connectivity index (χ3n) is 5.89. The highest BCUT2D eigenvalue weighted by Crippen LogP contribution is 2.32. The van der Waals surface area contributed by atoms with E-state index in [-0.39, 0.29) is 27.2 Å². The van der Waals surface area contributed by atoms with Crippen molar-refractivity contribution in [3.05, 3.63) is 53.1 Å². The Morgan fingerprint density at radius 3 is 2.40 bits per heavy atom. The average molecular weight is 503 g/mol. The number of urea groups is 1. The molecule has 2 aromatic rings. The molecular formula is C25H34N4O5S. The molecule has 10 heteroatoms. The summed E-state index contributed by atoms with van der Waals surface area (Å²) in [5.41, 5.74) is 1.52. The minimum absolute atomic E-state index is 0.0165. The predicted octanol–water partition coefficient (Wildman–Crippen LogP) is 3.77. The highest BCUT2D eigenvalue weighted by Gasteiger charge is 2.26.